The Morgan fingerprint density at radius 1 is 1.06 bits per heavy atom. The van der Waals surface area contributed by atoms with Gasteiger partial charge in [-0.1, -0.05) is 12.1 Å². The number of hydrogen-bond donors (Lipinski definition) is 1. The number of nitrogens with two attached hydrogens (primary N) is 1. The summed E-state index contributed by atoms with van der Waals surface area (Å²) in [6.07, 6.45) is 2.16. The molecule has 18 heavy (non-hydrogen) atoms. The zero-order chi connectivity index (χ0) is 13.4. The van der Waals surface area contributed by atoms with Gasteiger partial charge in [-0.2, -0.15) is 0 Å². The Morgan fingerprint density at radius 2 is 1.61 bits per heavy atom. The third-order valence-electron chi connectivity index (χ3n) is 2.98. The zero-order valence-corrected chi connectivity index (χ0v) is 12.7. The fourth-order valence-electron chi connectivity index (χ4n) is 2.09. The highest BCUT2D eigenvalue weighted by Gasteiger charge is 2.29. The predicted octanol–water partition coefficient (Wildman–Crippen LogP) is 3.35. The summed E-state index contributed by atoms with van der Waals surface area (Å²) in [5.41, 5.74) is 7.82. The maximum Gasteiger partial charge on any atom is 0.334 e. The fourth-order valence-corrected chi connectivity index (χ4v) is 4.51. The molecule has 0 saturated heterocycles. The van der Waals surface area contributed by atoms with E-state index in [9.17, 15) is 0 Å². The number of benzene rings is 1. The standard InChI is InChI=1S/C14H25NO2Si/c1-4-16-18(3,17-5-2)12-6-7-13-8-10-14(15)11-9-13/h8-11H,4-7,12,15H2,1-3H3. The van der Waals surface area contributed by atoms with Gasteiger partial charge in [0, 0.05) is 18.9 Å². The molecule has 0 saturated carbocycles. The Balaban J connectivity index is 2.40. The van der Waals surface area contributed by atoms with Crippen LogP contribution in [0.5, 0.6) is 0 Å². The van der Waals surface area contributed by atoms with Gasteiger partial charge in [-0.15, -0.1) is 0 Å². The molecule has 3 nitrogen and oxygen atoms in total. The van der Waals surface area contributed by atoms with E-state index in [1.165, 1.54) is 5.56 Å². The summed E-state index contributed by atoms with van der Waals surface area (Å²) in [7, 11) is -1.94. The third kappa shape index (κ3) is 5.21. The molecule has 1 aromatic carbocycles. The van der Waals surface area contributed by atoms with Crippen molar-refractivity contribution in [3.63, 3.8) is 0 Å². The van der Waals surface area contributed by atoms with Crippen LogP contribution in [0.4, 0.5) is 5.69 Å². The first-order valence-corrected chi connectivity index (χ1v) is 9.24. The van der Waals surface area contributed by atoms with Crippen molar-refractivity contribution in [2.75, 3.05) is 18.9 Å². The molecule has 0 heterocycles. The maximum atomic E-state index is 5.82. The average molecular weight is 267 g/mol. The van der Waals surface area contributed by atoms with E-state index in [0.717, 1.165) is 37.8 Å². The summed E-state index contributed by atoms with van der Waals surface area (Å²) >= 11 is 0. The largest absolute Gasteiger partial charge is 0.399 e. The Bertz CT molecular complexity index is 334. The first-order valence-electron chi connectivity index (χ1n) is 6.72. The number of rotatable bonds is 8. The van der Waals surface area contributed by atoms with Crippen LogP contribution < -0.4 is 5.73 Å². The molecular formula is C14H25NO2Si. The number of nitrogen functional groups attached to an aromatic ring is 1. The summed E-state index contributed by atoms with van der Waals surface area (Å²) in [5, 5.41) is 0. The molecule has 0 aliphatic rings. The molecule has 1 rings (SSSR count). The van der Waals surface area contributed by atoms with Crippen molar-refractivity contribution < 1.29 is 8.85 Å². The first kappa shape index (κ1) is 15.2. The van der Waals surface area contributed by atoms with Gasteiger partial charge in [0.2, 0.25) is 0 Å². The Hall–Kier alpha value is -0.843. The average Bonchev–Trinajstić information content (AvgIpc) is 2.32. The smallest absolute Gasteiger partial charge is 0.334 e. The highest BCUT2D eigenvalue weighted by atomic mass is 28.4. The lowest BCUT2D eigenvalue weighted by Gasteiger charge is -2.25. The minimum Gasteiger partial charge on any atom is -0.399 e. The molecule has 0 unspecified atom stereocenters. The highest BCUT2D eigenvalue weighted by molar-refractivity contribution is 6.66. The van der Waals surface area contributed by atoms with Gasteiger partial charge in [0.15, 0.2) is 0 Å². The fraction of sp³-hybridized carbons (Fsp3) is 0.571. The normalized spacial score (nSPS) is 11.7. The van der Waals surface area contributed by atoms with E-state index >= 15 is 0 Å². The van der Waals surface area contributed by atoms with Gasteiger partial charge in [-0.3, -0.25) is 0 Å². The quantitative estimate of drug-likeness (QED) is 0.580. The first-order chi connectivity index (χ1) is 8.59. The predicted molar refractivity (Wildman–Crippen MR) is 78.9 cm³/mol. The second-order valence-corrected chi connectivity index (χ2v) is 7.94. The SMILES string of the molecule is CCO[Si](C)(CCCc1ccc(N)cc1)OCC. The van der Waals surface area contributed by atoms with Crippen molar-refractivity contribution in [3.8, 4) is 0 Å². The van der Waals surface area contributed by atoms with Crippen molar-refractivity contribution in [1.82, 2.24) is 0 Å². The van der Waals surface area contributed by atoms with E-state index in [0.29, 0.717) is 0 Å². The van der Waals surface area contributed by atoms with Crippen molar-refractivity contribution in [3.05, 3.63) is 29.8 Å². The van der Waals surface area contributed by atoms with Gasteiger partial charge in [-0.25, -0.2) is 0 Å². The van der Waals surface area contributed by atoms with E-state index in [4.69, 9.17) is 14.6 Å². The molecule has 102 valence electrons. The van der Waals surface area contributed by atoms with Gasteiger partial charge in [-0.05, 0) is 57.0 Å². The summed E-state index contributed by atoms with van der Waals surface area (Å²) in [4.78, 5) is 0. The minimum atomic E-state index is -1.94. The summed E-state index contributed by atoms with van der Waals surface area (Å²) < 4.78 is 11.6. The van der Waals surface area contributed by atoms with Gasteiger partial charge in [0.05, 0.1) is 0 Å². The van der Waals surface area contributed by atoms with Crippen LogP contribution in [-0.2, 0) is 15.3 Å². The van der Waals surface area contributed by atoms with E-state index in [-0.39, 0.29) is 0 Å². The molecule has 1 aromatic rings. The summed E-state index contributed by atoms with van der Waals surface area (Å²) in [5.74, 6) is 0. The molecule has 2 N–H and O–H groups in total. The Labute approximate surface area is 112 Å². The summed E-state index contributed by atoms with van der Waals surface area (Å²) in [6.45, 7) is 7.70. The Kier molecular flexibility index (Phi) is 6.39. The Morgan fingerprint density at radius 3 is 2.11 bits per heavy atom. The minimum absolute atomic E-state index is 0.741. The van der Waals surface area contributed by atoms with Gasteiger partial charge >= 0.3 is 8.56 Å². The van der Waals surface area contributed by atoms with Gasteiger partial charge < -0.3 is 14.6 Å². The van der Waals surface area contributed by atoms with Crippen LogP contribution in [0, 0.1) is 0 Å². The maximum absolute atomic E-state index is 5.82. The van der Waals surface area contributed by atoms with Crippen molar-refractivity contribution in [2.45, 2.75) is 39.3 Å². The molecule has 0 radical (unpaired) electrons. The van der Waals surface area contributed by atoms with E-state index < -0.39 is 8.56 Å². The lowest BCUT2D eigenvalue weighted by atomic mass is 10.1. The lowest BCUT2D eigenvalue weighted by Crippen LogP contribution is -2.38. The van der Waals surface area contributed by atoms with Crippen LogP contribution in [0.15, 0.2) is 24.3 Å². The molecule has 0 aliphatic carbocycles. The summed E-state index contributed by atoms with van der Waals surface area (Å²) in [6, 6.07) is 9.14. The van der Waals surface area contributed by atoms with Gasteiger partial charge in [0.25, 0.3) is 0 Å². The van der Waals surface area contributed by atoms with Crippen LogP contribution in [-0.4, -0.2) is 21.8 Å². The van der Waals surface area contributed by atoms with Crippen LogP contribution in [0.2, 0.25) is 12.6 Å². The molecular weight excluding hydrogens is 242 g/mol. The number of anilines is 1. The van der Waals surface area contributed by atoms with Crippen LogP contribution in [0.25, 0.3) is 0 Å². The molecule has 4 heteroatoms. The topological polar surface area (TPSA) is 44.5 Å². The lowest BCUT2D eigenvalue weighted by molar-refractivity contribution is 0.188. The number of hydrogen-bond acceptors (Lipinski definition) is 3. The van der Waals surface area contributed by atoms with Gasteiger partial charge in [0.1, 0.15) is 0 Å². The molecule has 0 atom stereocenters. The second-order valence-electron chi connectivity index (χ2n) is 4.59. The van der Waals surface area contributed by atoms with Crippen LogP contribution in [0.1, 0.15) is 25.8 Å². The molecule has 0 aromatic heterocycles. The van der Waals surface area contributed by atoms with Crippen molar-refractivity contribution in [2.24, 2.45) is 0 Å². The van der Waals surface area contributed by atoms with Crippen LogP contribution >= 0.6 is 0 Å². The second kappa shape index (κ2) is 7.56. The van der Waals surface area contributed by atoms with E-state index in [2.05, 4.69) is 18.7 Å². The molecule has 0 aliphatic heterocycles. The van der Waals surface area contributed by atoms with Crippen LogP contribution in [0.3, 0.4) is 0 Å². The molecule has 0 amide bonds. The third-order valence-corrected chi connectivity index (χ3v) is 6.04. The van der Waals surface area contributed by atoms with Crippen molar-refractivity contribution >= 4 is 14.2 Å². The molecule has 0 fully saturated rings. The van der Waals surface area contributed by atoms with Crippen molar-refractivity contribution in [1.29, 1.82) is 0 Å². The zero-order valence-electron chi connectivity index (χ0n) is 11.7. The van der Waals surface area contributed by atoms with E-state index in [1.54, 1.807) is 0 Å². The monoisotopic (exact) mass is 267 g/mol. The molecule has 0 spiro atoms. The van der Waals surface area contributed by atoms with E-state index in [1.807, 2.05) is 26.0 Å². The molecule has 0 bridgehead atoms. The number of aryl methyl sites for hydroxylation is 1. The highest BCUT2D eigenvalue weighted by Crippen LogP contribution is 2.18.